The maximum absolute atomic E-state index is 10.6. The maximum Gasteiger partial charge on any atom is 0.178 e. The Kier molecular flexibility index (Phi) is 2.05. The standard InChI is InChI=1S/C8H8O2/c1-10-6-7-2-4-8(9)5-3-7/h2-6H,1H3. The van der Waals surface area contributed by atoms with Gasteiger partial charge in [0.05, 0.1) is 13.4 Å². The molecular weight excluding hydrogens is 128 g/mol. The smallest absolute Gasteiger partial charge is 0.178 e. The summed E-state index contributed by atoms with van der Waals surface area (Å²) in [6.45, 7) is 0. The first-order chi connectivity index (χ1) is 4.83. The molecule has 0 unspecified atom stereocenters. The monoisotopic (exact) mass is 136 g/mol. The van der Waals surface area contributed by atoms with Crippen molar-refractivity contribution in [2.45, 2.75) is 0 Å². The average Bonchev–Trinajstić information content (AvgIpc) is 1.95. The minimum Gasteiger partial charge on any atom is -0.504 e. The highest BCUT2D eigenvalue weighted by atomic mass is 16.5. The Labute approximate surface area is 59.5 Å². The SMILES string of the molecule is COC=C1C=CC(=O)C=C1. The molecule has 0 atom stereocenters. The Hall–Kier alpha value is -1.31. The summed E-state index contributed by atoms with van der Waals surface area (Å²) in [6.07, 6.45) is 8.02. The molecule has 0 spiro atoms. The molecule has 0 radical (unpaired) electrons. The number of ether oxygens (including phenoxy) is 1. The summed E-state index contributed by atoms with van der Waals surface area (Å²) < 4.78 is 4.74. The van der Waals surface area contributed by atoms with Crippen LogP contribution in [0.4, 0.5) is 0 Å². The van der Waals surface area contributed by atoms with Crippen molar-refractivity contribution in [2.75, 3.05) is 7.11 Å². The predicted octanol–water partition coefficient (Wildman–Crippen LogP) is 1.21. The minimum atomic E-state index is 0.0215. The number of carbonyl (C=O) groups is 1. The van der Waals surface area contributed by atoms with E-state index in [0.29, 0.717) is 0 Å². The molecule has 0 saturated heterocycles. The molecule has 0 heterocycles. The van der Waals surface area contributed by atoms with E-state index in [1.807, 2.05) is 0 Å². The number of allylic oxidation sites excluding steroid dienone is 5. The second kappa shape index (κ2) is 3.01. The molecule has 0 aromatic rings. The van der Waals surface area contributed by atoms with Crippen molar-refractivity contribution >= 4 is 5.78 Å². The zero-order valence-electron chi connectivity index (χ0n) is 5.70. The third kappa shape index (κ3) is 1.58. The third-order valence-electron chi connectivity index (χ3n) is 1.13. The van der Waals surface area contributed by atoms with E-state index in [2.05, 4.69) is 0 Å². The molecule has 0 amide bonds. The van der Waals surface area contributed by atoms with Gasteiger partial charge in [0.1, 0.15) is 0 Å². The molecule has 1 aliphatic carbocycles. The Morgan fingerprint density at radius 1 is 1.30 bits per heavy atom. The number of hydrogen-bond donors (Lipinski definition) is 0. The number of ketones is 1. The fourth-order valence-corrected chi connectivity index (χ4v) is 0.682. The molecule has 0 N–H and O–H groups in total. The first-order valence-electron chi connectivity index (χ1n) is 2.96. The van der Waals surface area contributed by atoms with Gasteiger partial charge in [0.25, 0.3) is 0 Å². The molecule has 2 heteroatoms. The summed E-state index contributed by atoms with van der Waals surface area (Å²) in [6, 6.07) is 0. The van der Waals surface area contributed by atoms with E-state index in [1.165, 1.54) is 12.2 Å². The quantitative estimate of drug-likeness (QED) is 0.506. The molecule has 0 aliphatic heterocycles. The second-order valence-electron chi connectivity index (χ2n) is 1.92. The van der Waals surface area contributed by atoms with E-state index in [-0.39, 0.29) is 5.78 Å². The van der Waals surface area contributed by atoms with Crippen molar-refractivity contribution in [1.82, 2.24) is 0 Å². The summed E-state index contributed by atoms with van der Waals surface area (Å²) in [7, 11) is 1.57. The molecule has 0 saturated carbocycles. The van der Waals surface area contributed by atoms with E-state index >= 15 is 0 Å². The molecule has 2 nitrogen and oxygen atoms in total. The lowest BCUT2D eigenvalue weighted by atomic mass is 10.1. The van der Waals surface area contributed by atoms with Crippen LogP contribution in [0, 0.1) is 0 Å². The van der Waals surface area contributed by atoms with Crippen molar-refractivity contribution in [2.24, 2.45) is 0 Å². The highest BCUT2D eigenvalue weighted by molar-refractivity contribution is 6.01. The summed E-state index contributed by atoms with van der Waals surface area (Å²) in [5.74, 6) is 0.0215. The number of hydrogen-bond acceptors (Lipinski definition) is 2. The highest BCUT2D eigenvalue weighted by Crippen LogP contribution is 2.04. The number of methoxy groups -OCH3 is 1. The second-order valence-corrected chi connectivity index (χ2v) is 1.92. The van der Waals surface area contributed by atoms with Gasteiger partial charge in [-0.2, -0.15) is 0 Å². The van der Waals surface area contributed by atoms with Crippen LogP contribution in [0.2, 0.25) is 0 Å². The summed E-state index contributed by atoms with van der Waals surface area (Å²) in [4.78, 5) is 10.6. The summed E-state index contributed by atoms with van der Waals surface area (Å²) in [5, 5.41) is 0. The summed E-state index contributed by atoms with van der Waals surface area (Å²) in [5.41, 5.74) is 0.905. The van der Waals surface area contributed by atoms with E-state index in [0.717, 1.165) is 5.57 Å². The molecule has 1 rings (SSSR count). The van der Waals surface area contributed by atoms with Gasteiger partial charge in [0, 0.05) is 5.57 Å². The lowest BCUT2D eigenvalue weighted by molar-refractivity contribution is -0.110. The third-order valence-corrected chi connectivity index (χ3v) is 1.13. The fourth-order valence-electron chi connectivity index (χ4n) is 0.682. The van der Waals surface area contributed by atoms with Gasteiger partial charge < -0.3 is 4.74 Å². The van der Waals surface area contributed by atoms with Crippen LogP contribution in [-0.4, -0.2) is 12.9 Å². The van der Waals surface area contributed by atoms with Crippen LogP contribution in [0.3, 0.4) is 0 Å². The molecule has 0 bridgehead atoms. The first-order valence-corrected chi connectivity index (χ1v) is 2.96. The molecule has 52 valence electrons. The zero-order valence-corrected chi connectivity index (χ0v) is 5.70. The van der Waals surface area contributed by atoms with Crippen molar-refractivity contribution < 1.29 is 9.53 Å². The van der Waals surface area contributed by atoms with Crippen LogP contribution < -0.4 is 0 Å². The van der Waals surface area contributed by atoms with E-state index in [1.54, 1.807) is 25.5 Å². The molecule has 0 aromatic heterocycles. The fraction of sp³-hybridized carbons (Fsp3) is 0.125. The van der Waals surface area contributed by atoms with E-state index in [9.17, 15) is 4.79 Å². The maximum atomic E-state index is 10.6. The minimum absolute atomic E-state index is 0.0215. The zero-order chi connectivity index (χ0) is 7.40. The van der Waals surface area contributed by atoms with Crippen molar-refractivity contribution in [3.8, 4) is 0 Å². The largest absolute Gasteiger partial charge is 0.504 e. The van der Waals surface area contributed by atoms with Gasteiger partial charge in [0.2, 0.25) is 0 Å². The van der Waals surface area contributed by atoms with Gasteiger partial charge in [0.15, 0.2) is 5.78 Å². The lowest BCUT2D eigenvalue weighted by Gasteiger charge is -1.97. The molecular formula is C8H8O2. The van der Waals surface area contributed by atoms with Gasteiger partial charge in [-0.15, -0.1) is 0 Å². The Morgan fingerprint density at radius 3 is 2.40 bits per heavy atom. The normalized spacial score (nSPS) is 15.7. The Balaban J connectivity index is 2.71. The topological polar surface area (TPSA) is 26.3 Å². The van der Waals surface area contributed by atoms with Gasteiger partial charge in [-0.05, 0) is 24.3 Å². The van der Waals surface area contributed by atoms with E-state index < -0.39 is 0 Å². The van der Waals surface area contributed by atoms with Crippen molar-refractivity contribution in [1.29, 1.82) is 0 Å². The van der Waals surface area contributed by atoms with Crippen LogP contribution in [0.1, 0.15) is 0 Å². The Morgan fingerprint density at radius 2 is 1.90 bits per heavy atom. The summed E-state index contributed by atoms with van der Waals surface area (Å²) >= 11 is 0. The van der Waals surface area contributed by atoms with Crippen molar-refractivity contribution in [3.63, 3.8) is 0 Å². The molecule has 1 aliphatic rings. The van der Waals surface area contributed by atoms with Crippen LogP contribution in [0.15, 0.2) is 36.1 Å². The number of carbonyl (C=O) groups excluding carboxylic acids is 1. The molecule has 0 aromatic carbocycles. The Bertz CT molecular complexity index is 203. The molecule has 10 heavy (non-hydrogen) atoms. The average molecular weight is 136 g/mol. The van der Waals surface area contributed by atoms with Crippen LogP contribution in [0.5, 0.6) is 0 Å². The van der Waals surface area contributed by atoms with Crippen LogP contribution >= 0.6 is 0 Å². The van der Waals surface area contributed by atoms with Gasteiger partial charge >= 0.3 is 0 Å². The van der Waals surface area contributed by atoms with Crippen molar-refractivity contribution in [3.05, 3.63) is 36.1 Å². The van der Waals surface area contributed by atoms with Gasteiger partial charge in [-0.3, -0.25) is 4.79 Å². The lowest BCUT2D eigenvalue weighted by Crippen LogP contribution is -1.91. The van der Waals surface area contributed by atoms with Gasteiger partial charge in [-0.25, -0.2) is 0 Å². The molecule has 0 fully saturated rings. The van der Waals surface area contributed by atoms with E-state index in [4.69, 9.17) is 4.74 Å². The first kappa shape index (κ1) is 6.81. The highest BCUT2D eigenvalue weighted by Gasteiger charge is 1.96. The van der Waals surface area contributed by atoms with Crippen LogP contribution in [-0.2, 0) is 9.53 Å². The van der Waals surface area contributed by atoms with Crippen LogP contribution in [0.25, 0.3) is 0 Å². The number of rotatable bonds is 1. The predicted molar refractivity (Wildman–Crippen MR) is 38.4 cm³/mol. The van der Waals surface area contributed by atoms with Gasteiger partial charge in [-0.1, -0.05) is 0 Å².